The van der Waals surface area contributed by atoms with Crippen LogP contribution in [0.2, 0.25) is 0 Å². The monoisotopic (exact) mass is 318 g/mol. The highest BCUT2D eigenvalue weighted by Crippen LogP contribution is 2.24. The third-order valence-corrected chi connectivity index (χ3v) is 4.23. The minimum Gasteiger partial charge on any atom is -0.481 e. The molecule has 2 atom stereocenters. The Bertz CT molecular complexity index is 597. The molecule has 1 aromatic carbocycles. The largest absolute Gasteiger partial charge is 0.481 e. The Kier molecular flexibility index (Phi) is 5.36. The molecule has 1 aliphatic heterocycles. The molecule has 6 nitrogen and oxygen atoms in total. The molecule has 0 bridgehead atoms. The molecule has 124 valence electrons. The number of nitrogens with one attached hydrogen (secondary N) is 1. The van der Waals surface area contributed by atoms with Gasteiger partial charge in [-0.3, -0.25) is 14.4 Å². The standard InChI is InChI=1S/C17H22N2O4/c1-11-3-6-15(17(22)23)10-19(11)16(21)14-7-4-13(5-8-14)9-18-12(2)20/h4-5,7-8,11,15H,3,6,9-10H2,1-2H3,(H,18,20)(H,22,23). The lowest BCUT2D eigenvalue weighted by atomic mass is 9.93. The summed E-state index contributed by atoms with van der Waals surface area (Å²) in [4.78, 5) is 36.3. The number of piperidine rings is 1. The van der Waals surface area contributed by atoms with Gasteiger partial charge in [0.2, 0.25) is 5.91 Å². The van der Waals surface area contributed by atoms with Crippen LogP contribution in [-0.2, 0) is 16.1 Å². The molecule has 1 saturated heterocycles. The minimum atomic E-state index is -0.847. The Labute approximate surface area is 135 Å². The highest BCUT2D eigenvalue weighted by Gasteiger charge is 2.32. The SMILES string of the molecule is CC(=O)NCc1ccc(C(=O)N2CC(C(=O)O)CCC2C)cc1. The van der Waals surface area contributed by atoms with Gasteiger partial charge in [0.05, 0.1) is 5.92 Å². The maximum absolute atomic E-state index is 12.6. The van der Waals surface area contributed by atoms with Gasteiger partial charge in [-0.1, -0.05) is 12.1 Å². The maximum atomic E-state index is 12.6. The van der Waals surface area contributed by atoms with Crippen LogP contribution >= 0.6 is 0 Å². The van der Waals surface area contributed by atoms with Crippen LogP contribution in [0.5, 0.6) is 0 Å². The first-order valence-corrected chi connectivity index (χ1v) is 7.75. The molecule has 0 aliphatic carbocycles. The Morgan fingerprint density at radius 3 is 2.43 bits per heavy atom. The average Bonchev–Trinajstić information content (AvgIpc) is 2.53. The van der Waals surface area contributed by atoms with Gasteiger partial charge in [0.25, 0.3) is 5.91 Å². The summed E-state index contributed by atoms with van der Waals surface area (Å²) < 4.78 is 0. The topological polar surface area (TPSA) is 86.7 Å². The number of carboxylic acid groups (broad SMARTS) is 1. The van der Waals surface area contributed by atoms with E-state index in [1.54, 1.807) is 29.2 Å². The summed E-state index contributed by atoms with van der Waals surface area (Å²) in [7, 11) is 0. The molecule has 1 aliphatic rings. The zero-order valence-corrected chi connectivity index (χ0v) is 13.4. The summed E-state index contributed by atoms with van der Waals surface area (Å²) in [5.41, 5.74) is 1.45. The van der Waals surface area contributed by atoms with Crippen LogP contribution in [-0.4, -0.2) is 40.4 Å². The molecule has 1 fully saturated rings. The fourth-order valence-electron chi connectivity index (χ4n) is 2.75. The van der Waals surface area contributed by atoms with Gasteiger partial charge in [-0.2, -0.15) is 0 Å². The average molecular weight is 318 g/mol. The zero-order valence-electron chi connectivity index (χ0n) is 13.4. The van der Waals surface area contributed by atoms with E-state index in [1.807, 2.05) is 6.92 Å². The van der Waals surface area contributed by atoms with Gasteiger partial charge in [-0.25, -0.2) is 0 Å². The predicted octanol–water partition coefficient (Wildman–Crippen LogP) is 1.65. The number of nitrogens with zero attached hydrogens (tertiary/aromatic N) is 1. The molecule has 1 heterocycles. The van der Waals surface area contributed by atoms with Gasteiger partial charge >= 0.3 is 5.97 Å². The van der Waals surface area contributed by atoms with Gasteiger partial charge in [-0.05, 0) is 37.5 Å². The van der Waals surface area contributed by atoms with Crippen LogP contribution in [0.1, 0.15) is 42.6 Å². The summed E-state index contributed by atoms with van der Waals surface area (Å²) in [6.07, 6.45) is 1.30. The number of benzene rings is 1. The van der Waals surface area contributed by atoms with Crippen molar-refractivity contribution in [2.75, 3.05) is 6.54 Å². The van der Waals surface area contributed by atoms with E-state index < -0.39 is 11.9 Å². The number of carboxylic acids is 1. The molecule has 0 spiro atoms. The van der Waals surface area contributed by atoms with E-state index in [4.69, 9.17) is 5.11 Å². The van der Waals surface area contributed by atoms with Crippen LogP contribution in [0.3, 0.4) is 0 Å². The number of carbonyl (C=O) groups is 3. The maximum Gasteiger partial charge on any atom is 0.308 e. The molecule has 6 heteroatoms. The lowest BCUT2D eigenvalue weighted by molar-refractivity contribution is -0.143. The molecule has 1 aromatic rings. The second kappa shape index (κ2) is 7.26. The molecular formula is C17H22N2O4. The van der Waals surface area contributed by atoms with Crippen molar-refractivity contribution in [1.82, 2.24) is 10.2 Å². The van der Waals surface area contributed by atoms with Gasteiger partial charge < -0.3 is 15.3 Å². The quantitative estimate of drug-likeness (QED) is 0.884. The summed E-state index contributed by atoms with van der Waals surface area (Å²) >= 11 is 0. The van der Waals surface area contributed by atoms with Gasteiger partial charge in [0, 0.05) is 31.6 Å². The number of hydrogen-bond acceptors (Lipinski definition) is 3. The number of hydrogen-bond donors (Lipinski definition) is 2. The Morgan fingerprint density at radius 2 is 1.87 bits per heavy atom. The lowest BCUT2D eigenvalue weighted by Gasteiger charge is -2.36. The third kappa shape index (κ3) is 4.31. The van der Waals surface area contributed by atoms with E-state index in [9.17, 15) is 14.4 Å². The van der Waals surface area contributed by atoms with Crippen molar-refractivity contribution < 1.29 is 19.5 Å². The molecule has 2 N–H and O–H groups in total. The Balaban J connectivity index is 2.06. The van der Waals surface area contributed by atoms with Crippen LogP contribution in [0.25, 0.3) is 0 Å². The molecule has 0 saturated carbocycles. The molecule has 0 aromatic heterocycles. The number of rotatable bonds is 4. The van der Waals surface area contributed by atoms with Crippen molar-refractivity contribution >= 4 is 17.8 Å². The molecule has 0 radical (unpaired) electrons. The molecule has 2 amide bonds. The number of carbonyl (C=O) groups excluding carboxylic acids is 2. The number of likely N-dealkylation sites (tertiary alicyclic amines) is 1. The second-order valence-electron chi connectivity index (χ2n) is 6.03. The van der Waals surface area contributed by atoms with E-state index in [1.165, 1.54) is 6.92 Å². The normalized spacial score (nSPS) is 20.9. The molecule has 2 rings (SSSR count). The van der Waals surface area contributed by atoms with E-state index in [-0.39, 0.29) is 24.4 Å². The fourth-order valence-corrected chi connectivity index (χ4v) is 2.75. The fraction of sp³-hybridized carbons (Fsp3) is 0.471. The Hall–Kier alpha value is -2.37. The Morgan fingerprint density at radius 1 is 1.22 bits per heavy atom. The first-order valence-electron chi connectivity index (χ1n) is 7.75. The van der Waals surface area contributed by atoms with E-state index in [0.717, 1.165) is 5.56 Å². The number of aliphatic carboxylic acids is 1. The van der Waals surface area contributed by atoms with Crippen LogP contribution in [0.15, 0.2) is 24.3 Å². The first kappa shape index (κ1) is 17.0. The second-order valence-corrected chi connectivity index (χ2v) is 6.03. The van der Waals surface area contributed by atoms with E-state index in [0.29, 0.717) is 24.9 Å². The van der Waals surface area contributed by atoms with Crippen LogP contribution in [0.4, 0.5) is 0 Å². The molecule has 23 heavy (non-hydrogen) atoms. The summed E-state index contributed by atoms with van der Waals surface area (Å²) in [6, 6.07) is 7.07. The van der Waals surface area contributed by atoms with Gasteiger partial charge in [0.15, 0.2) is 0 Å². The predicted molar refractivity (Wildman–Crippen MR) is 84.8 cm³/mol. The van der Waals surface area contributed by atoms with E-state index >= 15 is 0 Å². The van der Waals surface area contributed by atoms with Crippen molar-refractivity contribution in [3.8, 4) is 0 Å². The summed E-state index contributed by atoms with van der Waals surface area (Å²) in [6.45, 7) is 4.07. The van der Waals surface area contributed by atoms with Crippen molar-refractivity contribution in [3.63, 3.8) is 0 Å². The minimum absolute atomic E-state index is 0.0390. The molecular weight excluding hydrogens is 296 g/mol. The number of amides is 2. The van der Waals surface area contributed by atoms with E-state index in [2.05, 4.69) is 5.32 Å². The van der Waals surface area contributed by atoms with Crippen molar-refractivity contribution in [1.29, 1.82) is 0 Å². The van der Waals surface area contributed by atoms with Crippen LogP contribution in [0, 0.1) is 5.92 Å². The first-order chi connectivity index (χ1) is 10.9. The lowest BCUT2D eigenvalue weighted by Crippen LogP contribution is -2.47. The summed E-state index contributed by atoms with van der Waals surface area (Å²) in [5, 5.41) is 11.9. The van der Waals surface area contributed by atoms with Crippen LogP contribution < -0.4 is 5.32 Å². The molecule has 2 unspecified atom stereocenters. The van der Waals surface area contributed by atoms with Gasteiger partial charge in [0.1, 0.15) is 0 Å². The van der Waals surface area contributed by atoms with Crippen molar-refractivity contribution in [2.24, 2.45) is 5.92 Å². The summed E-state index contributed by atoms with van der Waals surface area (Å²) in [5.74, 6) is -1.59. The zero-order chi connectivity index (χ0) is 17.0. The highest BCUT2D eigenvalue weighted by molar-refractivity contribution is 5.94. The third-order valence-electron chi connectivity index (χ3n) is 4.23. The van der Waals surface area contributed by atoms with Crippen molar-refractivity contribution in [2.45, 2.75) is 39.3 Å². The smallest absolute Gasteiger partial charge is 0.308 e. The van der Waals surface area contributed by atoms with Crippen molar-refractivity contribution in [3.05, 3.63) is 35.4 Å². The highest BCUT2D eigenvalue weighted by atomic mass is 16.4. The van der Waals surface area contributed by atoms with Gasteiger partial charge in [-0.15, -0.1) is 0 Å².